The Morgan fingerprint density at radius 3 is 1.64 bits per heavy atom. The van der Waals surface area contributed by atoms with E-state index in [2.05, 4.69) is 4.74 Å². The van der Waals surface area contributed by atoms with E-state index in [4.69, 9.17) is 52.1 Å². The molecular weight excluding hydrogens is 680 g/mol. The van der Waals surface area contributed by atoms with E-state index in [0.717, 1.165) is 67.9 Å². The molecule has 9 atom stereocenters. The summed E-state index contributed by atoms with van der Waals surface area (Å²) in [6, 6.07) is 0. The van der Waals surface area contributed by atoms with E-state index >= 15 is 0 Å². The highest BCUT2D eigenvalue weighted by atomic mass is 16.8. The first kappa shape index (κ1) is 41.4. The fourth-order valence-corrected chi connectivity index (χ4v) is 4.88. The second kappa shape index (κ2) is 18.8. The monoisotopic (exact) mass is 720 g/mol. The van der Waals surface area contributed by atoms with Crippen molar-refractivity contribution in [3.05, 3.63) is 12.3 Å². The van der Waals surface area contributed by atoms with E-state index in [-0.39, 0.29) is 0 Å². The quantitative estimate of drug-likeness (QED) is 0.0879. The summed E-state index contributed by atoms with van der Waals surface area (Å²) in [4.78, 5) is 96.8. The Morgan fingerprint density at radius 1 is 0.600 bits per heavy atom. The van der Waals surface area contributed by atoms with Gasteiger partial charge in [-0.2, -0.15) is 0 Å². The molecule has 2 rings (SSSR count). The first-order valence-electron chi connectivity index (χ1n) is 14.9. The highest BCUT2D eigenvalue weighted by molar-refractivity contribution is 5.81. The number of esters is 8. The van der Waals surface area contributed by atoms with Gasteiger partial charge in [-0.1, -0.05) is 0 Å². The summed E-state index contributed by atoms with van der Waals surface area (Å²) in [5, 5.41) is 0. The Bertz CT molecular complexity index is 1310. The summed E-state index contributed by atoms with van der Waals surface area (Å²) >= 11 is 0. The minimum atomic E-state index is -2.48. The largest absolute Gasteiger partial charge is 0.498 e. The van der Waals surface area contributed by atoms with Crippen molar-refractivity contribution in [3.63, 3.8) is 0 Å². The molecular formula is C30H40O20. The first-order valence-corrected chi connectivity index (χ1v) is 14.9. The summed E-state index contributed by atoms with van der Waals surface area (Å²) < 4.78 is 65.7. The van der Waals surface area contributed by atoms with Crippen LogP contribution in [0.5, 0.6) is 0 Å². The van der Waals surface area contributed by atoms with Crippen LogP contribution in [0.1, 0.15) is 48.5 Å². The average molecular weight is 721 g/mol. The molecule has 2 aliphatic rings. The van der Waals surface area contributed by atoms with E-state index in [0.29, 0.717) is 0 Å². The molecule has 0 aromatic rings. The van der Waals surface area contributed by atoms with Gasteiger partial charge in [-0.15, -0.1) is 0 Å². The molecule has 0 aliphatic carbocycles. The Hall–Kier alpha value is -4.82. The van der Waals surface area contributed by atoms with Crippen LogP contribution in [0.2, 0.25) is 0 Å². The van der Waals surface area contributed by atoms with Crippen LogP contribution in [0.3, 0.4) is 0 Å². The molecule has 2 fully saturated rings. The lowest BCUT2D eigenvalue weighted by Gasteiger charge is -2.46. The Labute approximate surface area is 285 Å². The first-order chi connectivity index (χ1) is 23.4. The maximum absolute atomic E-state index is 12.4. The van der Waals surface area contributed by atoms with Gasteiger partial charge in [-0.05, 0) is 0 Å². The van der Waals surface area contributed by atoms with Gasteiger partial charge < -0.3 is 56.8 Å². The predicted molar refractivity (Wildman–Crippen MR) is 155 cm³/mol. The summed E-state index contributed by atoms with van der Waals surface area (Å²) in [6.45, 7) is 5.12. The van der Waals surface area contributed by atoms with E-state index in [9.17, 15) is 38.4 Å². The standard InChI is InChI=1S/C30H40O20/c1-14(31)41-12-21-24(43-16(3)33)26(45-18(5)35)27(46-19(6)36)29(48-21)50-30(13-42-15(2)32)28(47-20(7)37)25(44-17(4)34)22(49-30)11-40-10-9-23(38)39-8/h9-10,21-22,24-29H,11-13H2,1-8H3/b10-9-/t21-,22-,24-,25-,26+,27-,28+,29-,30+/m1/s1. The van der Waals surface area contributed by atoms with Crippen molar-refractivity contribution in [3.8, 4) is 0 Å². The Kier molecular flexibility index (Phi) is 15.6. The van der Waals surface area contributed by atoms with Crippen molar-refractivity contribution in [1.82, 2.24) is 0 Å². The van der Waals surface area contributed by atoms with E-state index in [1.165, 1.54) is 0 Å². The lowest BCUT2D eigenvalue weighted by molar-refractivity contribution is -0.384. The molecule has 20 heteroatoms. The fourth-order valence-electron chi connectivity index (χ4n) is 4.88. The van der Waals surface area contributed by atoms with Gasteiger partial charge in [0.15, 0.2) is 30.5 Å². The van der Waals surface area contributed by atoms with Crippen LogP contribution < -0.4 is 0 Å². The molecule has 0 unspecified atom stereocenters. The molecule has 0 saturated carbocycles. The third kappa shape index (κ3) is 12.3. The van der Waals surface area contributed by atoms with Gasteiger partial charge in [0.1, 0.15) is 32.0 Å². The predicted octanol–water partition coefficient (Wildman–Crippen LogP) is -0.689. The van der Waals surface area contributed by atoms with E-state index < -0.39 is 122 Å². The van der Waals surface area contributed by atoms with Crippen LogP contribution in [0.15, 0.2) is 12.3 Å². The molecule has 0 radical (unpaired) electrons. The van der Waals surface area contributed by atoms with Gasteiger partial charge >= 0.3 is 47.8 Å². The molecule has 0 spiro atoms. The molecule has 0 aromatic heterocycles. The molecule has 2 heterocycles. The van der Waals surface area contributed by atoms with Crippen molar-refractivity contribution >= 4 is 47.8 Å². The van der Waals surface area contributed by atoms with Crippen LogP contribution in [0, 0.1) is 0 Å². The molecule has 20 nitrogen and oxygen atoms in total. The number of hydrogen-bond donors (Lipinski definition) is 0. The zero-order chi connectivity index (χ0) is 37.8. The molecule has 0 aromatic carbocycles. The van der Waals surface area contributed by atoms with Gasteiger partial charge in [0.05, 0.1) is 19.4 Å². The number of hydrogen-bond acceptors (Lipinski definition) is 20. The highest BCUT2D eigenvalue weighted by Crippen LogP contribution is 2.41. The zero-order valence-electron chi connectivity index (χ0n) is 28.6. The van der Waals surface area contributed by atoms with Crippen LogP contribution >= 0.6 is 0 Å². The third-order valence-corrected chi connectivity index (χ3v) is 6.55. The topological polar surface area (TPSA) is 247 Å². The lowest BCUT2D eigenvalue weighted by Crippen LogP contribution is -2.65. The van der Waals surface area contributed by atoms with Crippen molar-refractivity contribution in [2.24, 2.45) is 0 Å². The minimum Gasteiger partial charge on any atom is -0.498 e. The Morgan fingerprint density at radius 2 is 1.12 bits per heavy atom. The third-order valence-electron chi connectivity index (χ3n) is 6.55. The molecule has 50 heavy (non-hydrogen) atoms. The number of carbonyl (C=O) groups is 8. The summed E-state index contributed by atoms with van der Waals surface area (Å²) in [5.74, 6) is -9.57. The lowest BCUT2D eigenvalue weighted by atomic mass is 9.97. The minimum absolute atomic E-state index is 0.507. The number of ether oxygens (including phenoxy) is 12. The molecule has 0 N–H and O–H groups in total. The summed E-state index contributed by atoms with van der Waals surface area (Å²) in [7, 11) is 1.13. The molecule has 2 aliphatic heterocycles. The highest BCUT2D eigenvalue weighted by Gasteiger charge is 2.64. The second-order valence-corrected chi connectivity index (χ2v) is 10.7. The molecule has 0 amide bonds. The number of methoxy groups -OCH3 is 1. The number of carbonyl (C=O) groups excluding carboxylic acids is 8. The fraction of sp³-hybridized carbons (Fsp3) is 0.667. The van der Waals surface area contributed by atoms with Gasteiger partial charge in [-0.3, -0.25) is 33.6 Å². The van der Waals surface area contributed by atoms with Gasteiger partial charge in [0, 0.05) is 48.5 Å². The van der Waals surface area contributed by atoms with Gasteiger partial charge in [0.25, 0.3) is 0 Å². The van der Waals surface area contributed by atoms with Crippen molar-refractivity contribution in [2.75, 3.05) is 26.9 Å². The van der Waals surface area contributed by atoms with Crippen LogP contribution in [0.25, 0.3) is 0 Å². The number of rotatable bonds is 15. The molecule has 0 bridgehead atoms. The van der Waals surface area contributed by atoms with Crippen molar-refractivity contribution in [1.29, 1.82) is 0 Å². The molecule has 280 valence electrons. The van der Waals surface area contributed by atoms with E-state index in [1.54, 1.807) is 0 Å². The van der Waals surface area contributed by atoms with Crippen LogP contribution in [-0.4, -0.2) is 129 Å². The second-order valence-electron chi connectivity index (χ2n) is 10.7. The Balaban J connectivity index is 2.77. The maximum Gasteiger partial charge on any atom is 0.333 e. The van der Waals surface area contributed by atoms with Gasteiger partial charge in [-0.25, -0.2) is 4.79 Å². The van der Waals surface area contributed by atoms with Crippen molar-refractivity contribution in [2.45, 2.75) is 103 Å². The van der Waals surface area contributed by atoms with Gasteiger partial charge in [0.2, 0.25) is 12.1 Å². The van der Waals surface area contributed by atoms with Crippen LogP contribution in [0.4, 0.5) is 0 Å². The average Bonchev–Trinajstić information content (AvgIpc) is 3.25. The van der Waals surface area contributed by atoms with E-state index in [1.807, 2.05) is 0 Å². The molecule has 2 saturated heterocycles. The zero-order valence-corrected chi connectivity index (χ0v) is 28.6. The SMILES string of the molecule is COC(=O)/C=C\OC[C@H]1O[C@@](COC(C)=O)(O[C@H]2O[C@H](COC(C)=O)[C@@H](OC(C)=O)[C@H](OC(C)=O)[C@H]2OC(C)=O)[C@@H](OC(C)=O)[C@@H]1OC(C)=O. The van der Waals surface area contributed by atoms with Crippen molar-refractivity contribution < 1.29 is 95.2 Å². The normalized spacial score (nSPS) is 28.8. The smallest absolute Gasteiger partial charge is 0.333 e. The maximum atomic E-state index is 12.4. The summed E-state index contributed by atoms with van der Waals surface area (Å²) in [6.07, 6.45) is -11.3. The van der Waals surface area contributed by atoms with Crippen LogP contribution in [-0.2, 0) is 95.2 Å². The summed E-state index contributed by atoms with van der Waals surface area (Å²) in [5.41, 5.74) is 0.